The average Bonchev–Trinajstić information content (AvgIpc) is 3.12. The zero-order chi connectivity index (χ0) is 19.7. The van der Waals surface area contributed by atoms with Crippen molar-refractivity contribution in [1.82, 2.24) is 19.3 Å². The molecule has 2 aromatic heterocycles. The van der Waals surface area contributed by atoms with Crippen LogP contribution < -0.4 is 10.9 Å². The summed E-state index contributed by atoms with van der Waals surface area (Å²) in [6.45, 7) is 2.07. The Hall–Kier alpha value is -3.74. The van der Waals surface area contributed by atoms with Gasteiger partial charge in [-0.15, -0.1) is 0 Å². The van der Waals surface area contributed by atoms with Crippen molar-refractivity contribution in [3.8, 4) is 5.69 Å². The van der Waals surface area contributed by atoms with Gasteiger partial charge in [-0.1, -0.05) is 37.3 Å². The Morgan fingerprint density at radius 1 is 1.07 bits per heavy atom. The number of hydrogen-bond donors (Lipinski definition) is 1. The van der Waals surface area contributed by atoms with Crippen molar-refractivity contribution in [3.63, 3.8) is 0 Å². The summed E-state index contributed by atoms with van der Waals surface area (Å²) in [5, 5.41) is 7.26. The zero-order valence-electron chi connectivity index (χ0n) is 15.6. The van der Waals surface area contributed by atoms with E-state index < -0.39 is 5.91 Å². The minimum atomic E-state index is -0.412. The molecule has 0 saturated carbocycles. The van der Waals surface area contributed by atoms with Crippen LogP contribution in [-0.4, -0.2) is 25.2 Å². The predicted octanol–water partition coefficient (Wildman–Crippen LogP) is 2.93. The van der Waals surface area contributed by atoms with Crippen LogP contribution in [0.2, 0.25) is 0 Å². The summed E-state index contributed by atoms with van der Waals surface area (Å²) in [5.74, 6) is -0.412. The molecule has 0 radical (unpaired) electrons. The SMILES string of the molecule is CCc1ccc(NC(=O)c2nn(-c3ccccc3)c3c(=O)n(C)cnc23)cc1. The highest BCUT2D eigenvalue weighted by molar-refractivity contribution is 6.10. The van der Waals surface area contributed by atoms with Gasteiger partial charge in [0, 0.05) is 12.7 Å². The lowest BCUT2D eigenvalue weighted by Crippen LogP contribution is -2.19. The van der Waals surface area contributed by atoms with Crippen molar-refractivity contribution in [1.29, 1.82) is 0 Å². The molecule has 28 heavy (non-hydrogen) atoms. The second-order valence-electron chi connectivity index (χ2n) is 6.46. The molecule has 7 heteroatoms. The highest BCUT2D eigenvalue weighted by Crippen LogP contribution is 2.19. The molecule has 140 valence electrons. The molecular weight excluding hydrogens is 354 g/mol. The van der Waals surface area contributed by atoms with Crippen LogP contribution in [0, 0.1) is 0 Å². The van der Waals surface area contributed by atoms with Crippen molar-refractivity contribution in [2.45, 2.75) is 13.3 Å². The van der Waals surface area contributed by atoms with Crippen molar-refractivity contribution in [2.24, 2.45) is 7.05 Å². The van der Waals surface area contributed by atoms with E-state index in [1.165, 1.54) is 21.1 Å². The number of hydrogen-bond acceptors (Lipinski definition) is 4. The zero-order valence-corrected chi connectivity index (χ0v) is 15.6. The highest BCUT2D eigenvalue weighted by Gasteiger charge is 2.22. The van der Waals surface area contributed by atoms with Crippen molar-refractivity contribution in [3.05, 3.63) is 82.5 Å². The Morgan fingerprint density at radius 2 is 1.79 bits per heavy atom. The Morgan fingerprint density at radius 3 is 2.46 bits per heavy atom. The van der Waals surface area contributed by atoms with E-state index in [1.807, 2.05) is 54.6 Å². The third kappa shape index (κ3) is 3.07. The fourth-order valence-corrected chi connectivity index (χ4v) is 3.01. The van der Waals surface area contributed by atoms with E-state index in [0.29, 0.717) is 11.4 Å². The van der Waals surface area contributed by atoms with Crippen LogP contribution in [0.3, 0.4) is 0 Å². The molecule has 4 rings (SSSR count). The van der Waals surface area contributed by atoms with Crippen LogP contribution in [0.15, 0.2) is 65.7 Å². The summed E-state index contributed by atoms with van der Waals surface area (Å²) >= 11 is 0. The lowest BCUT2D eigenvalue weighted by molar-refractivity contribution is 0.102. The number of nitrogens with one attached hydrogen (secondary N) is 1. The minimum Gasteiger partial charge on any atom is -0.321 e. The molecule has 0 fully saturated rings. The van der Waals surface area contributed by atoms with Gasteiger partial charge in [0.2, 0.25) is 0 Å². The lowest BCUT2D eigenvalue weighted by Gasteiger charge is -2.04. The smallest absolute Gasteiger partial charge is 0.279 e. The Balaban J connectivity index is 1.81. The molecule has 0 aliphatic carbocycles. The molecule has 0 bridgehead atoms. The first-order valence-electron chi connectivity index (χ1n) is 8.98. The molecular formula is C21H19N5O2. The van der Waals surface area contributed by atoms with Crippen molar-refractivity contribution < 1.29 is 4.79 Å². The maximum absolute atomic E-state index is 12.9. The van der Waals surface area contributed by atoms with Gasteiger partial charge >= 0.3 is 0 Å². The summed E-state index contributed by atoms with van der Waals surface area (Å²) < 4.78 is 2.84. The van der Waals surface area contributed by atoms with Gasteiger partial charge in [-0.3, -0.25) is 9.59 Å². The largest absolute Gasteiger partial charge is 0.321 e. The molecule has 0 unspecified atom stereocenters. The van der Waals surface area contributed by atoms with Crippen molar-refractivity contribution in [2.75, 3.05) is 5.32 Å². The van der Waals surface area contributed by atoms with E-state index >= 15 is 0 Å². The van der Waals surface area contributed by atoms with E-state index in [9.17, 15) is 9.59 Å². The molecule has 0 saturated heterocycles. The van der Waals surface area contributed by atoms with Crippen LogP contribution in [0.4, 0.5) is 5.69 Å². The van der Waals surface area contributed by atoms with Gasteiger partial charge in [0.05, 0.1) is 12.0 Å². The lowest BCUT2D eigenvalue weighted by atomic mass is 10.1. The van der Waals surface area contributed by atoms with Crippen LogP contribution in [0.25, 0.3) is 16.7 Å². The number of aryl methyl sites for hydroxylation is 2. The summed E-state index contributed by atoms with van der Waals surface area (Å²) in [7, 11) is 1.62. The molecule has 0 aliphatic rings. The van der Waals surface area contributed by atoms with E-state index in [0.717, 1.165) is 6.42 Å². The Kier molecular flexibility index (Phi) is 4.49. The molecule has 0 aliphatic heterocycles. The van der Waals surface area contributed by atoms with Gasteiger partial charge in [0.15, 0.2) is 11.2 Å². The number of carbonyl (C=O) groups is 1. The normalized spacial score (nSPS) is 10.9. The monoisotopic (exact) mass is 373 g/mol. The number of fused-ring (bicyclic) bond motifs is 1. The van der Waals surface area contributed by atoms with Crippen LogP contribution >= 0.6 is 0 Å². The topological polar surface area (TPSA) is 81.8 Å². The fraction of sp³-hybridized carbons (Fsp3) is 0.143. The number of aromatic nitrogens is 4. The summed E-state index contributed by atoms with van der Waals surface area (Å²) in [4.78, 5) is 29.9. The molecule has 0 atom stereocenters. The van der Waals surface area contributed by atoms with E-state index in [4.69, 9.17) is 0 Å². The molecule has 0 spiro atoms. The average molecular weight is 373 g/mol. The van der Waals surface area contributed by atoms with E-state index in [-0.39, 0.29) is 22.3 Å². The molecule has 1 N–H and O–H groups in total. The van der Waals surface area contributed by atoms with Crippen LogP contribution in [-0.2, 0) is 13.5 Å². The Labute approximate surface area is 161 Å². The molecule has 7 nitrogen and oxygen atoms in total. The van der Waals surface area contributed by atoms with Gasteiger partial charge in [0.1, 0.15) is 5.52 Å². The quantitative estimate of drug-likeness (QED) is 0.596. The maximum Gasteiger partial charge on any atom is 0.279 e. The van der Waals surface area contributed by atoms with Gasteiger partial charge < -0.3 is 9.88 Å². The molecule has 1 amide bonds. The minimum absolute atomic E-state index is 0.108. The number of para-hydroxylation sites is 1. The van der Waals surface area contributed by atoms with Crippen molar-refractivity contribution >= 4 is 22.6 Å². The second-order valence-corrected chi connectivity index (χ2v) is 6.46. The number of benzene rings is 2. The van der Waals surface area contributed by atoms with E-state index in [1.54, 1.807) is 7.05 Å². The van der Waals surface area contributed by atoms with Gasteiger partial charge in [-0.05, 0) is 36.2 Å². The summed E-state index contributed by atoms with van der Waals surface area (Å²) in [6.07, 6.45) is 2.32. The fourth-order valence-electron chi connectivity index (χ4n) is 3.01. The first-order chi connectivity index (χ1) is 13.6. The number of rotatable bonds is 4. The second kappa shape index (κ2) is 7.11. The van der Waals surface area contributed by atoms with Gasteiger partial charge in [-0.2, -0.15) is 5.10 Å². The third-order valence-corrected chi connectivity index (χ3v) is 4.58. The van der Waals surface area contributed by atoms with Gasteiger partial charge in [0.25, 0.3) is 11.5 Å². The molecule has 2 heterocycles. The summed E-state index contributed by atoms with van der Waals surface area (Å²) in [6, 6.07) is 16.8. The summed E-state index contributed by atoms with van der Waals surface area (Å²) in [5.41, 5.74) is 2.90. The molecule has 2 aromatic carbocycles. The van der Waals surface area contributed by atoms with Crippen LogP contribution in [0.1, 0.15) is 23.0 Å². The number of amides is 1. The van der Waals surface area contributed by atoms with Crippen LogP contribution in [0.5, 0.6) is 0 Å². The standard InChI is InChI=1S/C21H19N5O2/c1-3-14-9-11-15(12-10-14)23-20(27)18-17-19(21(28)25(2)13-22-17)26(24-18)16-7-5-4-6-8-16/h4-13H,3H2,1-2H3,(H,23,27). The first-order valence-corrected chi connectivity index (χ1v) is 8.98. The maximum atomic E-state index is 12.9. The Bertz CT molecular complexity index is 1210. The first kappa shape index (κ1) is 17.7. The third-order valence-electron chi connectivity index (χ3n) is 4.58. The number of nitrogens with zero attached hydrogens (tertiary/aromatic N) is 4. The molecule has 4 aromatic rings. The number of anilines is 1. The van der Waals surface area contributed by atoms with E-state index in [2.05, 4.69) is 22.3 Å². The predicted molar refractivity (Wildman–Crippen MR) is 108 cm³/mol. The highest BCUT2D eigenvalue weighted by atomic mass is 16.2. The number of carbonyl (C=O) groups excluding carboxylic acids is 1. The van der Waals surface area contributed by atoms with Gasteiger partial charge in [-0.25, -0.2) is 9.67 Å².